The smallest absolute Gasteiger partial charge is 0.158 e. The number of aryl methyl sites for hydroxylation is 2. The van der Waals surface area contributed by atoms with E-state index in [0.29, 0.717) is 6.42 Å². The summed E-state index contributed by atoms with van der Waals surface area (Å²) in [6, 6.07) is 16.6. The highest BCUT2D eigenvalue weighted by atomic mass is 16.1. The van der Waals surface area contributed by atoms with E-state index >= 15 is 0 Å². The van der Waals surface area contributed by atoms with Crippen molar-refractivity contribution in [3.8, 4) is 0 Å². The predicted octanol–water partition coefficient (Wildman–Crippen LogP) is 4.75. The number of nitrogens with one attached hydrogen (secondary N) is 1. The van der Waals surface area contributed by atoms with E-state index < -0.39 is 0 Å². The van der Waals surface area contributed by atoms with Gasteiger partial charge in [-0.1, -0.05) is 36.4 Å². The zero-order valence-corrected chi connectivity index (χ0v) is 13.1. The van der Waals surface area contributed by atoms with Gasteiger partial charge in [0.15, 0.2) is 5.78 Å². The van der Waals surface area contributed by atoms with Crippen molar-refractivity contribution in [3.05, 3.63) is 77.0 Å². The SMILES string of the molecule is Cc1ccc(NC2=CC(=O)CC(c3ccccc3)C2)cc1C. The number of carbonyl (C=O) groups excluding carboxylic acids is 1. The lowest BCUT2D eigenvalue weighted by molar-refractivity contribution is -0.115. The number of hydrogen-bond donors (Lipinski definition) is 1. The van der Waals surface area contributed by atoms with Gasteiger partial charge in [-0.05, 0) is 55.0 Å². The predicted molar refractivity (Wildman–Crippen MR) is 91.0 cm³/mol. The molecule has 1 N–H and O–H groups in total. The van der Waals surface area contributed by atoms with Crippen LogP contribution >= 0.6 is 0 Å². The quantitative estimate of drug-likeness (QED) is 0.884. The van der Waals surface area contributed by atoms with E-state index in [1.54, 1.807) is 6.08 Å². The van der Waals surface area contributed by atoms with Crippen molar-refractivity contribution in [1.82, 2.24) is 0 Å². The molecule has 3 rings (SSSR count). The van der Waals surface area contributed by atoms with Crippen LogP contribution in [-0.4, -0.2) is 5.78 Å². The molecule has 0 aromatic heterocycles. The summed E-state index contributed by atoms with van der Waals surface area (Å²) in [6.45, 7) is 4.21. The van der Waals surface area contributed by atoms with Crippen molar-refractivity contribution in [1.29, 1.82) is 0 Å². The van der Waals surface area contributed by atoms with Gasteiger partial charge in [0.2, 0.25) is 0 Å². The van der Waals surface area contributed by atoms with Crippen LogP contribution in [0.3, 0.4) is 0 Å². The molecule has 112 valence electrons. The molecule has 0 saturated heterocycles. The Hall–Kier alpha value is -2.35. The number of ketones is 1. The molecule has 1 aliphatic carbocycles. The van der Waals surface area contributed by atoms with E-state index in [1.807, 2.05) is 18.2 Å². The Bertz CT molecular complexity index is 716. The number of benzene rings is 2. The van der Waals surface area contributed by atoms with Gasteiger partial charge in [-0.25, -0.2) is 0 Å². The summed E-state index contributed by atoms with van der Waals surface area (Å²) < 4.78 is 0. The van der Waals surface area contributed by atoms with Crippen LogP contribution in [0.5, 0.6) is 0 Å². The maximum Gasteiger partial charge on any atom is 0.158 e. The lowest BCUT2D eigenvalue weighted by atomic mass is 9.85. The van der Waals surface area contributed by atoms with E-state index in [4.69, 9.17) is 0 Å². The Morgan fingerprint density at radius 3 is 2.45 bits per heavy atom. The van der Waals surface area contributed by atoms with E-state index in [1.165, 1.54) is 16.7 Å². The highest BCUT2D eigenvalue weighted by Crippen LogP contribution is 2.32. The molecule has 1 unspecified atom stereocenters. The summed E-state index contributed by atoms with van der Waals surface area (Å²) in [5.41, 5.74) is 5.83. The Labute approximate surface area is 131 Å². The van der Waals surface area contributed by atoms with E-state index in [0.717, 1.165) is 17.8 Å². The fourth-order valence-corrected chi connectivity index (χ4v) is 2.95. The van der Waals surface area contributed by atoms with Crippen LogP contribution in [0.2, 0.25) is 0 Å². The first-order valence-corrected chi connectivity index (χ1v) is 7.74. The zero-order chi connectivity index (χ0) is 15.5. The average molecular weight is 291 g/mol. The molecule has 0 saturated carbocycles. The van der Waals surface area contributed by atoms with Gasteiger partial charge in [-0.15, -0.1) is 0 Å². The Balaban J connectivity index is 1.78. The minimum atomic E-state index is 0.200. The Morgan fingerprint density at radius 1 is 0.955 bits per heavy atom. The molecule has 2 nitrogen and oxygen atoms in total. The monoisotopic (exact) mass is 291 g/mol. The van der Waals surface area contributed by atoms with E-state index in [9.17, 15) is 4.79 Å². The number of allylic oxidation sites excluding steroid dienone is 2. The molecule has 22 heavy (non-hydrogen) atoms. The lowest BCUT2D eigenvalue weighted by Gasteiger charge is -2.23. The van der Waals surface area contributed by atoms with Crippen molar-refractivity contribution in [3.63, 3.8) is 0 Å². The van der Waals surface area contributed by atoms with Crippen LogP contribution in [0, 0.1) is 13.8 Å². The third-order valence-corrected chi connectivity index (χ3v) is 4.33. The number of anilines is 1. The van der Waals surface area contributed by atoms with Crippen LogP contribution < -0.4 is 5.32 Å². The molecule has 1 aliphatic rings. The largest absolute Gasteiger partial charge is 0.359 e. The van der Waals surface area contributed by atoms with Crippen molar-refractivity contribution in [2.24, 2.45) is 0 Å². The highest BCUT2D eigenvalue weighted by molar-refractivity contribution is 5.92. The number of rotatable bonds is 3. The Kier molecular flexibility index (Phi) is 4.10. The summed E-state index contributed by atoms with van der Waals surface area (Å²) in [5, 5.41) is 3.42. The van der Waals surface area contributed by atoms with Crippen molar-refractivity contribution in [2.45, 2.75) is 32.6 Å². The number of carbonyl (C=O) groups is 1. The first kappa shape index (κ1) is 14.6. The summed E-state index contributed by atoms with van der Waals surface area (Å²) in [4.78, 5) is 12.1. The molecule has 0 fully saturated rings. The van der Waals surface area contributed by atoms with Crippen LogP contribution in [-0.2, 0) is 4.79 Å². The molecule has 0 radical (unpaired) electrons. The molecule has 0 spiro atoms. The number of hydrogen-bond acceptors (Lipinski definition) is 2. The molecule has 1 atom stereocenters. The summed E-state index contributed by atoms with van der Waals surface area (Å²) in [6.07, 6.45) is 3.24. The van der Waals surface area contributed by atoms with Crippen LogP contribution in [0.15, 0.2) is 60.3 Å². The second-order valence-electron chi connectivity index (χ2n) is 6.08. The van der Waals surface area contributed by atoms with Gasteiger partial charge in [0, 0.05) is 23.9 Å². The van der Waals surface area contributed by atoms with Crippen molar-refractivity contribution < 1.29 is 4.79 Å². The van der Waals surface area contributed by atoms with Crippen LogP contribution in [0.4, 0.5) is 5.69 Å². The maximum absolute atomic E-state index is 12.1. The molecule has 2 aromatic rings. The molecule has 0 bridgehead atoms. The fourth-order valence-electron chi connectivity index (χ4n) is 2.95. The molecule has 0 heterocycles. The molecular weight excluding hydrogens is 270 g/mol. The Morgan fingerprint density at radius 2 is 1.73 bits per heavy atom. The third-order valence-electron chi connectivity index (χ3n) is 4.33. The second-order valence-corrected chi connectivity index (χ2v) is 6.08. The molecular formula is C20H21NO. The van der Waals surface area contributed by atoms with Crippen LogP contribution in [0.25, 0.3) is 0 Å². The van der Waals surface area contributed by atoms with Crippen LogP contribution in [0.1, 0.15) is 35.4 Å². The van der Waals surface area contributed by atoms with Gasteiger partial charge in [-0.2, -0.15) is 0 Å². The van der Waals surface area contributed by atoms with E-state index in [-0.39, 0.29) is 11.7 Å². The average Bonchev–Trinajstić information content (AvgIpc) is 2.51. The third kappa shape index (κ3) is 3.28. The highest BCUT2D eigenvalue weighted by Gasteiger charge is 2.22. The summed E-state index contributed by atoms with van der Waals surface area (Å²) in [5.74, 6) is 0.471. The van der Waals surface area contributed by atoms with Gasteiger partial charge in [0.05, 0.1) is 0 Å². The van der Waals surface area contributed by atoms with Gasteiger partial charge < -0.3 is 5.32 Å². The topological polar surface area (TPSA) is 29.1 Å². The second kappa shape index (κ2) is 6.18. The fraction of sp³-hybridized carbons (Fsp3) is 0.250. The standard InChI is InChI=1S/C20H21NO/c1-14-8-9-18(10-15(14)2)21-19-11-17(12-20(22)13-19)16-6-4-3-5-7-16/h3-10,13,17,21H,11-12H2,1-2H3. The van der Waals surface area contributed by atoms with Gasteiger partial charge in [-0.3, -0.25) is 4.79 Å². The normalized spacial score (nSPS) is 18.0. The van der Waals surface area contributed by atoms with E-state index in [2.05, 4.69) is 49.5 Å². The maximum atomic E-state index is 12.1. The van der Waals surface area contributed by atoms with Gasteiger partial charge in [0.25, 0.3) is 0 Å². The summed E-state index contributed by atoms with van der Waals surface area (Å²) in [7, 11) is 0. The molecule has 2 aromatic carbocycles. The minimum Gasteiger partial charge on any atom is -0.359 e. The first-order chi connectivity index (χ1) is 10.6. The van der Waals surface area contributed by atoms with Crippen molar-refractivity contribution in [2.75, 3.05) is 5.32 Å². The molecule has 0 amide bonds. The minimum absolute atomic E-state index is 0.200. The van der Waals surface area contributed by atoms with Gasteiger partial charge in [0.1, 0.15) is 0 Å². The summed E-state index contributed by atoms with van der Waals surface area (Å²) >= 11 is 0. The zero-order valence-electron chi connectivity index (χ0n) is 13.1. The first-order valence-electron chi connectivity index (χ1n) is 7.74. The molecule has 0 aliphatic heterocycles. The van der Waals surface area contributed by atoms with Gasteiger partial charge >= 0.3 is 0 Å². The lowest BCUT2D eigenvalue weighted by Crippen LogP contribution is -2.16. The van der Waals surface area contributed by atoms with Crippen molar-refractivity contribution >= 4 is 11.5 Å². The molecule has 2 heteroatoms.